The lowest BCUT2D eigenvalue weighted by atomic mass is 9.96. The maximum Gasteiger partial charge on any atom is 0.257 e. The Bertz CT molecular complexity index is 753. The molecule has 1 saturated heterocycles. The SMILES string of the molecule is CCN1CCN(C(=O)c2cnn(-c3cccnc3)c2)C(C)(C)C1=O. The van der Waals surface area contributed by atoms with Crippen LogP contribution in [0.4, 0.5) is 0 Å². The summed E-state index contributed by atoms with van der Waals surface area (Å²) in [5, 5.41) is 4.23. The fraction of sp³-hybridized carbons (Fsp3) is 0.412. The Balaban J connectivity index is 1.85. The normalized spacial score (nSPS) is 17.2. The monoisotopic (exact) mass is 327 g/mol. The molecule has 0 spiro atoms. The average molecular weight is 327 g/mol. The van der Waals surface area contributed by atoms with Gasteiger partial charge in [-0.1, -0.05) is 0 Å². The lowest BCUT2D eigenvalue weighted by Gasteiger charge is -2.45. The third-order valence-electron chi connectivity index (χ3n) is 4.45. The summed E-state index contributed by atoms with van der Waals surface area (Å²) in [5.74, 6) is -0.205. The Hall–Kier alpha value is -2.70. The molecule has 7 heteroatoms. The van der Waals surface area contributed by atoms with Gasteiger partial charge < -0.3 is 9.80 Å². The molecule has 0 atom stereocenters. The minimum absolute atomic E-state index is 0.0238. The van der Waals surface area contributed by atoms with E-state index < -0.39 is 5.54 Å². The smallest absolute Gasteiger partial charge is 0.257 e. The number of likely N-dealkylation sites (N-methyl/N-ethyl adjacent to an activating group) is 1. The number of pyridine rings is 1. The zero-order valence-electron chi connectivity index (χ0n) is 14.1. The van der Waals surface area contributed by atoms with Gasteiger partial charge in [0.15, 0.2) is 0 Å². The van der Waals surface area contributed by atoms with E-state index in [9.17, 15) is 9.59 Å². The van der Waals surface area contributed by atoms with Crippen LogP contribution in [-0.2, 0) is 4.79 Å². The van der Waals surface area contributed by atoms with Gasteiger partial charge in [-0.25, -0.2) is 4.68 Å². The zero-order valence-corrected chi connectivity index (χ0v) is 14.1. The Labute approximate surface area is 140 Å². The minimum Gasteiger partial charge on any atom is -0.339 e. The van der Waals surface area contributed by atoms with Crippen molar-refractivity contribution in [3.63, 3.8) is 0 Å². The molecule has 126 valence electrons. The van der Waals surface area contributed by atoms with Gasteiger partial charge in [-0.05, 0) is 32.9 Å². The molecule has 2 aromatic rings. The van der Waals surface area contributed by atoms with Crippen molar-refractivity contribution < 1.29 is 9.59 Å². The summed E-state index contributed by atoms with van der Waals surface area (Å²) in [7, 11) is 0. The molecule has 7 nitrogen and oxygen atoms in total. The summed E-state index contributed by atoms with van der Waals surface area (Å²) in [4.78, 5) is 32.9. The molecule has 3 rings (SSSR count). The second-order valence-electron chi connectivity index (χ2n) is 6.29. The van der Waals surface area contributed by atoms with Gasteiger partial charge in [-0.15, -0.1) is 0 Å². The molecule has 2 aromatic heterocycles. The molecule has 0 unspecified atom stereocenters. The molecule has 1 fully saturated rings. The molecule has 24 heavy (non-hydrogen) atoms. The lowest BCUT2D eigenvalue weighted by Crippen LogP contribution is -2.64. The standard InChI is InChI=1S/C17H21N5O2/c1-4-20-8-9-21(17(2,3)16(20)24)15(23)13-10-19-22(12-13)14-6-5-7-18-11-14/h5-7,10-12H,4,8-9H2,1-3H3. The van der Waals surface area contributed by atoms with Crippen molar-refractivity contribution in [2.45, 2.75) is 26.3 Å². The van der Waals surface area contributed by atoms with Crippen LogP contribution in [0.2, 0.25) is 0 Å². The first-order valence-electron chi connectivity index (χ1n) is 8.01. The van der Waals surface area contributed by atoms with Crippen molar-refractivity contribution in [1.29, 1.82) is 0 Å². The first kappa shape index (κ1) is 16.2. The second-order valence-corrected chi connectivity index (χ2v) is 6.29. The first-order valence-corrected chi connectivity index (χ1v) is 8.01. The van der Waals surface area contributed by atoms with Crippen LogP contribution in [-0.4, -0.2) is 61.6 Å². The van der Waals surface area contributed by atoms with Gasteiger partial charge in [0.2, 0.25) is 5.91 Å². The molecule has 1 aliphatic rings. The van der Waals surface area contributed by atoms with E-state index >= 15 is 0 Å². The van der Waals surface area contributed by atoms with Crippen molar-refractivity contribution >= 4 is 11.8 Å². The molecule has 1 aliphatic heterocycles. The van der Waals surface area contributed by atoms with Crippen LogP contribution in [0.15, 0.2) is 36.9 Å². The Morgan fingerprint density at radius 1 is 1.29 bits per heavy atom. The maximum absolute atomic E-state index is 12.9. The van der Waals surface area contributed by atoms with E-state index in [2.05, 4.69) is 10.1 Å². The number of rotatable bonds is 3. The average Bonchev–Trinajstić information content (AvgIpc) is 3.07. The second kappa shape index (κ2) is 6.07. The van der Waals surface area contributed by atoms with Gasteiger partial charge in [0, 0.05) is 32.0 Å². The molecule has 0 aliphatic carbocycles. The quantitative estimate of drug-likeness (QED) is 0.853. The highest BCUT2D eigenvalue weighted by molar-refractivity contribution is 5.99. The van der Waals surface area contributed by atoms with E-state index in [0.29, 0.717) is 25.2 Å². The lowest BCUT2D eigenvalue weighted by molar-refractivity contribution is -0.146. The van der Waals surface area contributed by atoms with Crippen LogP contribution in [0.25, 0.3) is 5.69 Å². The third kappa shape index (κ3) is 2.66. The van der Waals surface area contributed by atoms with Crippen LogP contribution in [0.3, 0.4) is 0 Å². The van der Waals surface area contributed by atoms with Gasteiger partial charge >= 0.3 is 0 Å². The van der Waals surface area contributed by atoms with Gasteiger partial charge in [0.25, 0.3) is 5.91 Å². The summed E-state index contributed by atoms with van der Waals surface area (Å²) in [6.07, 6.45) is 6.56. The van der Waals surface area contributed by atoms with Crippen LogP contribution in [0, 0.1) is 0 Å². The van der Waals surface area contributed by atoms with Crippen LogP contribution in [0.1, 0.15) is 31.1 Å². The Kier molecular flexibility index (Phi) is 4.09. The van der Waals surface area contributed by atoms with Crippen molar-refractivity contribution in [2.24, 2.45) is 0 Å². The first-order chi connectivity index (χ1) is 11.4. The van der Waals surface area contributed by atoms with Gasteiger partial charge in [-0.3, -0.25) is 14.6 Å². The fourth-order valence-corrected chi connectivity index (χ4v) is 2.98. The summed E-state index contributed by atoms with van der Waals surface area (Å²) in [5.41, 5.74) is 0.384. The number of hydrogen-bond donors (Lipinski definition) is 0. The predicted molar refractivity (Wildman–Crippen MR) is 88.7 cm³/mol. The zero-order chi connectivity index (χ0) is 17.3. The van der Waals surface area contributed by atoms with Crippen LogP contribution < -0.4 is 0 Å². The molecule has 2 amide bonds. The number of amides is 2. The van der Waals surface area contributed by atoms with Crippen molar-refractivity contribution in [3.8, 4) is 5.69 Å². The molecular weight excluding hydrogens is 306 g/mol. The van der Waals surface area contributed by atoms with Crippen LogP contribution >= 0.6 is 0 Å². The number of carbonyl (C=O) groups is 2. The van der Waals surface area contributed by atoms with E-state index in [1.807, 2.05) is 19.1 Å². The Morgan fingerprint density at radius 3 is 2.75 bits per heavy atom. The number of nitrogens with zero attached hydrogens (tertiary/aromatic N) is 5. The maximum atomic E-state index is 12.9. The number of aromatic nitrogens is 3. The van der Waals surface area contributed by atoms with E-state index in [4.69, 9.17) is 0 Å². The fourth-order valence-electron chi connectivity index (χ4n) is 2.98. The molecule has 3 heterocycles. The van der Waals surface area contributed by atoms with Crippen molar-refractivity contribution in [2.75, 3.05) is 19.6 Å². The largest absolute Gasteiger partial charge is 0.339 e. The highest BCUT2D eigenvalue weighted by Gasteiger charge is 2.44. The number of hydrogen-bond acceptors (Lipinski definition) is 4. The molecule has 0 radical (unpaired) electrons. The predicted octanol–water partition coefficient (Wildman–Crippen LogP) is 1.35. The molecule has 0 saturated carbocycles. The highest BCUT2D eigenvalue weighted by atomic mass is 16.2. The third-order valence-corrected chi connectivity index (χ3v) is 4.45. The highest BCUT2D eigenvalue weighted by Crippen LogP contribution is 2.24. The van der Waals surface area contributed by atoms with Crippen molar-refractivity contribution in [1.82, 2.24) is 24.6 Å². The summed E-state index contributed by atoms with van der Waals surface area (Å²) < 4.78 is 1.61. The topological polar surface area (TPSA) is 71.3 Å². The van der Waals surface area contributed by atoms with Crippen molar-refractivity contribution in [3.05, 3.63) is 42.5 Å². The number of carbonyl (C=O) groups excluding carboxylic acids is 2. The van der Waals surface area contributed by atoms with Crippen LogP contribution in [0.5, 0.6) is 0 Å². The molecule has 0 bridgehead atoms. The van der Waals surface area contributed by atoms with E-state index in [1.54, 1.807) is 46.9 Å². The Morgan fingerprint density at radius 2 is 2.08 bits per heavy atom. The minimum atomic E-state index is -0.859. The molecular formula is C17H21N5O2. The summed E-state index contributed by atoms with van der Waals surface area (Å²) in [6, 6.07) is 3.67. The summed E-state index contributed by atoms with van der Waals surface area (Å²) in [6.45, 7) is 7.26. The van der Waals surface area contributed by atoms with E-state index in [1.165, 1.54) is 6.20 Å². The molecule has 0 N–H and O–H groups in total. The van der Waals surface area contributed by atoms with Gasteiger partial charge in [-0.2, -0.15) is 5.10 Å². The van der Waals surface area contributed by atoms with Gasteiger partial charge in [0.05, 0.1) is 23.6 Å². The van der Waals surface area contributed by atoms with Gasteiger partial charge in [0.1, 0.15) is 5.54 Å². The number of piperazine rings is 1. The summed E-state index contributed by atoms with van der Waals surface area (Å²) >= 11 is 0. The van der Waals surface area contributed by atoms with E-state index in [-0.39, 0.29) is 11.8 Å². The van der Waals surface area contributed by atoms with E-state index in [0.717, 1.165) is 5.69 Å². The molecule has 0 aromatic carbocycles.